The average molecular weight is 289 g/mol. The van der Waals surface area contributed by atoms with Gasteiger partial charge < -0.3 is 4.43 Å². The molecule has 20 heavy (non-hydrogen) atoms. The van der Waals surface area contributed by atoms with Gasteiger partial charge >= 0.3 is 0 Å². The lowest BCUT2D eigenvalue weighted by Gasteiger charge is -2.36. The molecule has 0 aliphatic rings. The van der Waals surface area contributed by atoms with Crippen LogP contribution in [0.2, 0.25) is 18.1 Å². The largest absolute Gasteiger partial charge is 0.544 e. The Bertz CT molecular complexity index is 469. The number of hydrogen-bond acceptors (Lipinski definition) is 1. The van der Waals surface area contributed by atoms with E-state index in [4.69, 9.17) is 4.43 Å². The van der Waals surface area contributed by atoms with Crippen LogP contribution >= 0.6 is 0 Å². The van der Waals surface area contributed by atoms with Gasteiger partial charge in [-0.15, -0.1) is 0 Å². The van der Waals surface area contributed by atoms with E-state index in [1.54, 1.807) is 0 Å². The Kier molecular flexibility index (Phi) is 5.89. The van der Waals surface area contributed by atoms with Crippen molar-refractivity contribution in [2.24, 2.45) is 0 Å². The van der Waals surface area contributed by atoms with Crippen molar-refractivity contribution in [1.29, 1.82) is 0 Å². The molecular formula is C18H28OSi. The molecular weight excluding hydrogens is 260 g/mol. The van der Waals surface area contributed by atoms with Crippen LogP contribution in [0.5, 0.6) is 5.75 Å². The van der Waals surface area contributed by atoms with Crippen LogP contribution in [-0.4, -0.2) is 8.32 Å². The minimum Gasteiger partial charge on any atom is -0.544 e. The maximum absolute atomic E-state index is 6.25. The fourth-order valence-corrected chi connectivity index (χ4v) is 2.52. The molecule has 0 aliphatic carbocycles. The Morgan fingerprint density at radius 2 is 1.70 bits per heavy atom. The van der Waals surface area contributed by atoms with E-state index in [0.29, 0.717) is 0 Å². The topological polar surface area (TPSA) is 9.23 Å². The molecule has 0 unspecified atom stereocenters. The number of benzene rings is 1. The third-order valence-corrected chi connectivity index (χ3v) is 8.28. The average Bonchev–Trinajstić information content (AvgIpc) is 2.35. The lowest BCUT2D eigenvalue weighted by atomic mass is 10.2. The SMILES string of the molecule is CCCCC#Cc1ccc(O[Si](C)(C)C(C)(C)C)cc1. The highest BCUT2D eigenvalue weighted by Gasteiger charge is 2.38. The van der Waals surface area contributed by atoms with Gasteiger partial charge in [0.1, 0.15) is 5.75 Å². The van der Waals surface area contributed by atoms with Crippen LogP contribution in [0.15, 0.2) is 24.3 Å². The Hall–Kier alpha value is -1.20. The van der Waals surface area contributed by atoms with E-state index < -0.39 is 8.32 Å². The standard InChI is InChI=1S/C18H28OSi/c1-7-8-9-10-11-16-12-14-17(15-13-16)19-20(5,6)18(2,3)4/h12-15H,7-9H2,1-6H3. The van der Waals surface area contributed by atoms with Gasteiger partial charge in [-0.25, -0.2) is 0 Å². The minimum absolute atomic E-state index is 0.228. The van der Waals surface area contributed by atoms with Crippen molar-refractivity contribution >= 4 is 8.32 Å². The van der Waals surface area contributed by atoms with Crippen LogP contribution < -0.4 is 4.43 Å². The molecule has 0 amide bonds. The quantitative estimate of drug-likeness (QED) is 0.397. The monoisotopic (exact) mass is 288 g/mol. The molecule has 0 saturated carbocycles. The summed E-state index contributed by atoms with van der Waals surface area (Å²) in [6.07, 6.45) is 3.37. The zero-order valence-electron chi connectivity index (χ0n) is 13.8. The molecule has 1 aromatic carbocycles. The Labute approximate surface area is 125 Å². The molecule has 1 nitrogen and oxygen atoms in total. The van der Waals surface area contributed by atoms with Gasteiger partial charge in [0.15, 0.2) is 0 Å². The van der Waals surface area contributed by atoms with Crippen LogP contribution in [0.1, 0.15) is 52.5 Å². The van der Waals surface area contributed by atoms with Crippen molar-refractivity contribution in [1.82, 2.24) is 0 Å². The molecule has 110 valence electrons. The van der Waals surface area contributed by atoms with Crippen LogP contribution in [0.3, 0.4) is 0 Å². The summed E-state index contributed by atoms with van der Waals surface area (Å²) in [5, 5.41) is 0.228. The summed E-state index contributed by atoms with van der Waals surface area (Å²) >= 11 is 0. The highest BCUT2D eigenvalue weighted by Crippen LogP contribution is 2.37. The molecule has 0 saturated heterocycles. The first-order valence-electron chi connectivity index (χ1n) is 7.54. The van der Waals surface area contributed by atoms with Gasteiger partial charge in [0.25, 0.3) is 0 Å². The molecule has 0 N–H and O–H groups in total. The van der Waals surface area contributed by atoms with E-state index in [1.807, 2.05) is 12.1 Å². The normalized spacial score (nSPS) is 11.7. The highest BCUT2D eigenvalue weighted by molar-refractivity contribution is 6.74. The fraction of sp³-hybridized carbons (Fsp3) is 0.556. The molecule has 0 spiro atoms. The zero-order valence-corrected chi connectivity index (χ0v) is 14.8. The van der Waals surface area contributed by atoms with E-state index in [0.717, 1.165) is 17.7 Å². The molecule has 1 aromatic rings. The van der Waals surface area contributed by atoms with Crippen LogP contribution in [0, 0.1) is 11.8 Å². The third kappa shape index (κ3) is 5.05. The van der Waals surface area contributed by atoms with Gasteiger partial charge in [0.05, 0.1) is 0 Å². The maximum Gasteiger partial charge on any atom is 0.250 e. The van der Waals surface area contributed by atoms with Crippen LogP contribution in [0.4, 0.5) is 0 Å². The number of rotatable bonds is 4. The lowest BCUT2D eigenvalue weighted by molar-refractivity contribution is 0.492. The second-order valence-electron chi connectivity index (χ2n) is 6.79. The van der Waals surface area contributed by atoms with Gasteiger partial charge in [-0.1, -0.05) is 46.0 Å². The maximum atomic E-state index is 6.25. The third-order valence-electron chi connectivity index (χ3n) is 3.92. The van der Waals surface area contributed by atoms with Gasteiger partial charge in [-0.05, 0) is 48.8 Å². The van der Waals surface area contributed by atoms with Gasteiger partial charge in [0, 0.05) is 12.0 Å². The summed E-state index contributed by atoms with van der Waals surface area (Å²) in [5.41, 5.74) is 1.07. The van der Waals surface area contributed by atoms with Crippen molar-refractivity contribution in [2.75, 3.05) is 0 Å². The van der Waals surface area contributed by atoms with E-state index in [1.165, 1.54) is 12.8 Å². The van der Waals surface area contributed by atoms with E-state index in [2.05, 4.69) is 64.8 Å². The molecule has 0 atom stereocenters. The Balaban J connectivity index is 2.69. The van der Waals surface area contributed by atoms with Crippen molar-refractivity contribution < 1.29 is 4.43 Å². The summed E-state index contributed by atoms with van der Waals surface area (Å²) in [4.78, 5) is 0. The predicted octanol–water partition coefficient (Wildman–Crippen LogP) is 5.61. The van der Waals surface area contributed by atoms with Crippen molar-refractivity contribution in [3.05, 3.63) is 29.8 Å². The first-order chi connectivity index (χ1) is 9.26. The zero-order chi connectivity index (χ0) is 15.2. The smallest absolute Gasteiger partial charge is 0.250 e. The van der Waals surface area contributed by atoms with Crippen LogP contribution in [0.25, 0.3) is 0 Å². The second kappa shape index (κ2) is 6.99. The summed E-state index contributed by atoms with van der Waals surface area (Å²) in [5.74, 6) is 7.39. The molecule has 0 fully saturated rings. The van der Waals surface area contributed by atoms with E-state index in [-0.39, 0.29) is 5.04 Å². The van der Waals surface area contributed by atoms with Crippen molar-refractivity contribution in [3.63, 3.8) is 0 Å². The van der Waals surface area contributed by atoms with Crippen LogP contribution in [-0.2, 0) is 0 Å². The van der Waals surface area contributed by atoms with Crippen molar-refractivity contribution in [2.45, 2.75) is 65.1 Å². The summed E-state index contributed by atoms with van der Waals surface area (Å²) in [6, 6.07) is 8.21. The first-order valence-corrected chi connectivity index (χ1v) is 10.4. The first kappa shape index (κ1) is 16.9. The highest BCUT2D eigenvalue weighted by atomic mass is 28.4. The molecule has 0 radical (unpaired) electrons. The fourth-order valence-electron chi connectivity index (χ4n) is 1.48. The molecule has 0 bridgehead atoms. The molecule has 1 rings (SSSR count). The summed E-state index contributed by atoms with van der Waals surface area (Å²) in [6.45, 7) is 13.5. The Morgan fingerprint density at radius 1 is 1.10 bits per heavy atom. The molecule has 0 heterocycles. The molecule has 0 aromatic heterocycles. The molecule has 0 aliphatic heterocycles. The van der Waals surface area contributed by atoms with Crippen molar-refractivity contribution in [3.8, 4) is 17.6 Å². The Morgan fingerprint density at radius 3 is 2.20 bits per heavy atom. The predicted molar refractivity (Wildman–Crippen MR) is 90.7 cm³/mol. The second-order valence-corrected chi connectivity index (χ2v) is 11.5. The minimum atomic E-state index is -1.74. The van der Waals surface area contributed by atoms with Gasteiger partial charge in [-0.3, -0.25) is 0 Å². The summed E-state index contributed by atoms with van der Waals surface area (Å²) < 4.78 is 6.25. The van der Waals surface area contributed by atoms with E-state index >= 15 is 0 Å². The van der Waals surface area contributed by atoms with E-state index in [9.17, 15) is 0 Å². The number of hydrogen-bond donors (Lipinski definition) is 0. The van der Waals surface area contributed by atoms with Gasteiger partial charge in [0.2, 0.25) is 8.32 Å². The summed E-state index contributed by atoms with van der Waals surface area (Å²) in [7, 11) is -1.74. The lowest BCUT2D eigenvalue weighted by Crippen LogP contribution is -2.43. The van der Waals surface area contributed by atoms with Gasteiger partial charge in [-0.2, -0.15) is 0 Å². The number of unbranched alkanes of at least 4 members (excludes halogenated alkanes) is 2. The molecule has 2 heteroatoms.